The number of carbonyl (C=O) groups excluding carboxylic acids is 1. The van der Waals surface area contributed by atoms with E-state index in [1.807, 2.05) is 0 Å². The number of nitrogens with zero attached hydrogens (tertiary/aromatic N) is 1. The van der Waals surface area contributed by atoms with E-state index in [-0.39, 0.29) is 0 Å². The molecule has 1 saturated heterocycles. The molecule has 1 aliphatic rings. The Kier molecular flexibility index (Phi) is 5.57. The lowest BCUT2D eigenvalue weighted by Crippen LogP contribution is -2.33. The molecule has 1 amide bonds. The van der Waals surface area contributed by atoms with Gasteiger partial charge in [-0.1, -0.05) is 12.5 Å². The molecule has 1 fully saturated rings. The highest BCUT2D eigenvalue weighted by Gasteiger charge is 2.11. The second kappa shape index (κ2) is 7.64. The van der Waals surface area contributed by atoms with Crippen molar-refractivity contribution in [1.29, 1.82) is 0 Å². The second-order valence-electron chi connectivity index (χ2n) is 5.06. The van der Waals surface area contributed by atoms with Crippen LogP contribution in [0.3, 0.4) is 0 Å². The maximum atomic E-state index is 11.8. The first-order valence-electron chi connectivity index (χ1n) is 7.10. The SMILES string of the molecule is O=C(O)CNC(=O)c1cccc(OCN2CCCCC2)c1. The highest BCUT2D eigenvalue weighted by Crippen LogP contribution is 2.15. The fraction of sp³-hybridized carbons (Fsp3) is 0.467. The Morgan fingerprint density at radius 2 is 2.00 bits per heavy atom. The van der Waals surface area contributed by atoms with Crippen LogP contribution in [0.1, 0.15) is 29.6 Å². The predicted octanol–water partition coefficient (Wildman–Crippen LogP) is 1.32. The van der Waals surface area contributed by atoms with Gasteiger partial charge >= 0.3 is 5.97 Å². The summed E-state index contributed by atoms with van der Waals surface area (Å²) in [7, 11) is 0. The lowest BCUT2D eigenvalue weighted by molar-refractivity contribution is -0.135. The number of ether oxygens (including phenoxy) is 1. The molecule has 2 N–H and O–H groups in total. The topological polar surface area (TPSA) is 78.9 Å². The third kappa shape index (κ3) is 5.07. The summed E-state index contributed by atoms with van der Waals surface area (Å²) in [6.45, 7) is 2.20. The molecule has 0 unspecified atom stereocenters. The Morgan fingerprint density at radius 1 is 1.24 bits per heavy atom. The molecule has 0 spiro atoms. The van der Waals surface area contributed by atoms with E-state index in [4.69, 9.17) is 9.84 Å². The van der Waals surface area contributed by atoms with Crippen LogP contribution in [-0.2, 0) is 4.79 Å². The summed E-state index contributed by atoms with van der Waals surface area (Å²) in [5.74, 6) is -0.870. The molecule has 0 radical (unpaired) electrons. The Bertz CT molecular complexity index is 498. The minimum absolute atomic E-state index is 0.391. The molecule has 1 aromatic carbocycles. The number of aliphatic carboxylic acids is 1. The van der Waals surface area contributed by atoms with Crippen LogP contribution >= 0.6 is 0 Å². The van der Waals surface area contributed by atoms with Gasteiger partial charge in [-0.2, -0.15) is 0 Å². The van der Waals surface area contributed by atoms with E-state index in [0.29, 0.717) is 18.0 Å². The summed E-state index contributed by atoms with van der Waals surface area (Å²) in [5.41, 5.74) is 0.396. The van der Waals surface area contributed by atoms with Gasteiger partial charge in [-0.25, -0.2) is 0 Å². The highest BCUT2D eigenvalue weighted by atomic mass is 16.5. The summed E-state index contributed by atoms with van der Waals surface area (Å²) in [5, 5.41) is 10.9. The zero-order chi connectivity index (χ0) is 15.1. The average molecular weight is 292 g/mol. The van der Waals surface area contributed by atoms with Crippen molar-refractivity contribution >= 4 is 11.9 Å². The van der Waals surface area contributed by atoms with Gasteiger partial charge in [0.05, 0.1) is 0 Å². The smallest absolute Gasteiger partial charge is 0.322 e. The van der Waals surface area contributed by atoms with Gasteiger partial charge in [0.2, 0.25) is 0 Å². The normalized spacial score (nSPS) is 15.4. The molecule has 1 heterocycles. The molecular weight excluding hydrogens is 272 g/mol. The van der Waals surface area contributed by atoms with Gasteiger partial charge in [0.25, 0.3) is 5.91 Å². The monoisotopic (exact) mass is 292 g/mol. The average Bonchev–Trinajstić information content (AvgIpc) is 2.52. The first kappa shape index (κ1) is 15.3. The number of hydrogen-bond acceptors (Lipinski definition) is 4. The molecule has 0 aromatic heterocycles. The van der Waals surface area contributed by atoms with E-state index >= 15 is 0 Å². The number of likely N-dealkylation sites (tertiary alicyclic amines) is 1. The van der Waals surface area contributed by atoms with Crippen molar-refractivity contribution in [1.82, 2.24) is 10.2 Å². The number of amides is 1. The van der Waals surface area contributed by atoms with E-state index in [2.05, 4.69) is 10.2 Å². The summed E-state index contributed by atoms with van der Waals surface area (Å²) in [4.78, 5) is 24.4. The predicted molar refractivity (Wildman–Crippen MR) is 77.3 cm³/mol. The van der Waals surface area contributed by atoms with Crippen molar-refractivity contribution in [2.45, 2.75) is 19.3 Å². The van der Waals surface area contributed by atoms with Gasteiger partial charge < -0.3 is 15.2 Å². The van der Waals surface area contributed by atoms with Crippen molar-refractivity contribution in [2.24, 2.45) is 0 Å². The second-order valence-corrected chi connectivity index (χ2v) is 5.06. The van der Waals surface area contributed by atoms with Crippen molar-refractivity contribution in [3.63, 3.8) is 0 Å². The minimum Gasteiger partial charge on any atom is -0.480 e. The Hall–Kier alpha value is -2.08. The van der Waals surface area contributed by atoms with Gasteiger partial charge in [-0.05, 0) is 31.0 Å². The number of hydrogen-bond donors (Lipinski definition) is 2. The molecule has 0 saturated carbocycles. The number of benzene rings is 1. The van der Waals surface area contributed by atoms with Crippen LogP contribution < -0.4 is 10.1 Å². The van der Waals surface area contributed by atoms with Crippen LogP contribution in [0.2, 0.25) is 0 Å². The molecule has 114 valence electrons. The van der Waals surface area contributed by atoms with Crippen molar-refractivity contribution < 1.29 is 19.4 Å². The lowest BCUT2D eigenvalue weighted by atomic mass is 10.1. The van der Waals surface area contributed by atoms with Gasteiger partial charge in [0.15, 0.2) is 0 Å². The van der Waals surface area contributed by atoms with Gasteiger partial charge in [0, 0.05) is 18.7 Å². The maximum absolute atomic E-state index is 11.8. The maximum Gasteiger partial charge on any atom is 0.322 e. The molecule has 2 rings (SSSR count). The van der Waals surface area contributed by atoms with Gasteiger partial charge in [0.1, 0.15) is 19.0 Å². The van der Waals surface area contributed by atoms with E-state index in [9.17, 15) is 9.59 Å². The summed E-state index contributed by atoms with van der Waals surface area (Å²) < 4.78 is 5.69. The van der Waals surface area contributed by atoms with E-state index in [1.165, 1.54) is 19.3 Å². The number of piperidine rings is 1. The first-order chi connectivity index (χ1) is 10.1. The Morgan fingerprint density at radius 3 is 2.71 bits per heavy atom. The third-order valence-electron chi connectivity index (χ3n) is 3.36. The summed E-state index contributed by atoms with van der Waals surface area (Å²) in [6, 6.07) is 6.77. The zero-order valence-electron chi connectivity index (χ0n) is 11.9. The van der Waals surface area contributed by atoms with Gasteiger partial charge in [-0.15, -0.1) is 0 Å². The summed E-state index contributed by atoms with van der Waals surface area (Å²) in [6.07, 6.45) is 3.66. The molecular formula is C15H20N2O4. The number of carboxylic acids is 1. The Balaban J connectivity index is 1.87. The van der Waals surface area contributed by atoms with Crippen molar-refractivity contribution in [3.8, 4) is 5.75 Å². The molecule has 6 heteroatoms. The van der Waals surface area contributed by atoms with Crippen LogP contribution in [0, 0.1) is 0 Å². The van der Waals surface area contributed by atoms with E-state index in [1.54, 1.807) is 24.3 Å². The van der Waals surface area contributed by atoms with Crippen molar-refractivity contribution in [2.75, 3.05) is 26.4 Å². The molecule has 0 aliphatic carbocycles. The highest BCUT2D eigenvalue weighted by molar-refractivity contribution is 5.96. The molecule has 6 nitrogen and oxygen atoms in total. The van der Waals surface area contributed by atoms with Crippen LogP contribution in [-0.4, -0.2) is 48.2 Å². The molecule has 0 bridgehead atoms. The van der Waals surface area contributed by atoms with Gasteiger partial charge in [-0.3, -0.25) is 14.5 Å². The van der Waals surface area contributed by atoms with E-state index < -0.39 is 18.4 Å². The van der Waals surface area contributed by atoms with Crippen LogP contribution in [0.5, 0.6) is 5.75 Å². The molecule has 21 heavy (non-hydrogen) atoms. The number of carboxylic acid groups (broad SMARTS) is 1. The van der Waals surface area contributed by atoms with Crippen LogP contribution in [0.25, 0.3) is 0 Å². The third-order valence-corrected chi connectivity index (χ3v) is 3.36. The fourth-order valence-electron chi connectivity index (χ4n) is 2.24. The fourth-order valence-corrected chi connectivity index (χ4v) is 2.24. The standard InChI is InChI=1S/C15H20N2O4/c18-14(19)10-16-15(20)12-5-4-6-13(9-12)21-11-17-7-2-1-3-8-17/h4-6,9H,1-3,7-8,10-11H2,(H,16,20)(H,18,19). The zero-order valence-corrected chi connectivity index (χ0v) is 11.9. The van der Waals surface area contributed by atoms with Crippen LogP contribution in [0.15, 0.2) is 24.3 Å². The number of carbonyl (C=O) groups is 2. The number of nitrogens with one attached hydrogen (secondary N) is 1. The molecule has 0 atom stereocenters. The first-order valence-corrected chi connectivity index (χ1v) is 7.10. The molecule has 1 aromatic rings. The summed E-state index contributed by atoms with van der Waals surface area (Å²) >= 11 is 0. The lowest BCUT2D eigenvalue weighted by Gasteiger charge is -2.26. The molecule has 1 aliphatic heterocycles. The quantitative estimate of drug-likeness (QED) is 0.827. The van der Waals surface area contributed by atoms with E-state index in [0.717, 1.165) is 13.1 Å². The Labute approximate surface area is 123 Å². The number of rotatable bonds is 6. The van der Waals surface area contributed by atoms with Crippen molar-refractivity contribution in [3.05, 3.63) is 29.8 Å². The largest absolute Gasteiger partial charge is 0.480 e. The minimum atomic E-state index is -1.07. The van der Waals surface area contributed by atoms with Crippen LogP contribution in [0.4, 0.5) is 0 Å².